The van der Waals surface area contributed by atoms with Crippen molar-refractivity contribution in [2.75, 3.05) is 0 Å². The summed E-state index contributed by atoms with van der Waals surface area (Å²) in [6.07, 6.45) is 7.80. The van der Waals surface area contributed by atoms with Crippen LogP contribution in [0, 0.1) is 23.6 Å². The fraction of sp³-hybridized carbons (Fsp3) is 0.682. The van der Waals surface area contributed by atoms with Crippen molar-refractivity contribution in [2.45, 2.75) is 77.7 Å². The Balaban J connectivity index is 1.78. The van der Waals surface area contributed by atoms with Crippen LogP contribution in [0.5, 0.6) is 5.75 Å². The van der Waals surface area contributed by atoms with Gasteiger partial charge in [-0.25, -0.2) is 9.28 Å². The van der Waals surface area contributed by atoms with Gasteiger partial charge in [-0.2, -0.15) is 0 Å². The quantitative estimate of drug-likeness (QED) is 0.280. The average Bonchev–Trinajstić information content (AvgIpc) is 2.67. The van der Waals surface area contributed by atoms with Gasteiger partial charge in [0.05, 0.1) is 5.92 Å². The topological polar surface area (TPSA) is 55.8 Å². The maximum Gasteiger partial charge on any atom is 0.314 e. The van der Waals surface area contributed by atoms with E-state index in [4.69, 9.17) is 9.62 Å². The third-order valence-corrected chi connectivity index (χ3v) is 6.28. The molecule has 1 aromatic rings. The lowest BCUT2D eigenvalue weighted by Gasteiger charge is -2.33. The van der Waals surface area contributed by atoms with Crippen LogP contribution in [0.1, 0.15) is 82.4 Å². The molecule has 27 heavy (non-hydrogen) atoms. The van der Waals surface area contributed by atoms with Crippen LogP contribution >= 0.6 is 0 Å². The zero-order valence-electron chi connectivity index (χ0n) is 16.4. The molecule has 1 N–H and O–H groups in total. The lowest BCUT2D eigenvalue weighted by Crippen LogP contribution is -2.29. The van der Waals surface area contributed by atoms with E-state index in [0.717, 1.165) is 50.0 Å². The molecule has 2 unspecified atom stereocenters. The van der Waals surface area contributed by atoms with Crippen molar-refractivity contribution in [2.24, 2.45) is 17.8 Å². The number of carbonyl (C=O) groups excluding carboxylic acids is 1. The Morgan fingerprint density at radius 2 is 1.89 bits per heavy atom. The van der Waals surface area contributed by atoms with Crippen LogP contribution < -0.4 is 4.74 Å². The van der Waals surface area contributed by atoms with Crippen molar-refractivity contribution >= 4 is 5.97 Å². The summed E-state index contributed by atoms with van der Waals surface area (Å²) in [4.78, 5) is 16.9. The van der Waals surface area contributed by atoms with Gasteiger partial charge in [0, 0.05) is 5.56 Å². The van der Waals surface area contributed by atoms with Crippen LogP contribution in [0.4, 0.5) is 4.39 Å². The Kier molecular flexibility index (Phi) is 6.88. The Labute approximate surface area is 161 Å². The lowest BCUT2D eigenvalue weighted by atomic mass is 9.76. The zero-order chi connectivity index (χ0) is 19.4. The van der Waals surface area contributed by atoms with E-state index in [0.29, 0.717) is 6.42 Å². The number of halogens is 1. The van der Waals surface area contributed by atoms with Crippen LogP contribution in [0.2, 0.25) is 0 Å². The molecule has 2 atom stereocenters. The van der Waals surface area contributed by atoms with Crippen molar-refractivity contribution in [3.63, 3.8) is 0 Å². The highest BCUT2D eigenvalue weighted by molar-refractivity contribution is 5.78. The van der Waals surface area contributed by atoms with Crippen LogP contribution in [0.25, 0.3) is 0 Å². The number of fused-ring (bicyclic) bond motifs is 1. The molecule has 4 nitrogen and oxygen atoms in total. The van der Waals surface area contributed by atoms with Crippen molar-refractivity contribution < 1.29 is 24.1 Å². The summed E-state index contributed by atoms with van der Waals surface area (Å²) in [5.41, 5.74) is 1.01. The number of carbonyl (C=O) groups is 1. The van der Waals surface area contributed by atoms with E-state index in [2.05, 4.69) is 6.92 Å². The Hall–Kier alpha value is -1.46. The highest BCUT2D eigenvalue weighted by Crippen LogP contribution is 2.43. The molecule has 1 saturated carbocycles. The number of rotatable bonds is 7. The molecule has 0 aromatic heterocycles. The molecule has 0 bridgehead atoms. The van der Waals surface area contributed by atoms with E-state index >= 15 is 4.39 Å². The van der Waals surface area contributed by atoms with Crippen LogP contribution in [-0.2, 0) is 16.1 Å². The molecule has 0 saturated heterocycles. The Bertz CT molecular complexity index is 652. The molecular weight excluding hydrogens is 347 g/mol. The van der Waals surface area contributed by atoms with Gasteiger partial charge >= 0.3 is 5.97 Å². The number of benzene rings is 1. The molecule has 5 heteroatoms. The molecule has 150 valence electrons. The summed E-state index contributed by atoms with van der Waals surface area (Å²) in [6.45, 7) is 4.21. The predicted octanol–water partition coefficient (Wildman–Crippen LogP) is 5.84. The molecule has 1 heterocycles. The first-order valence-electron chi connectivity index (χ1n) is 10.4. The molecule has 0 radical (unpaired) electrons. The number of ether oxygens (including phenoxy) is 1. The summed E-state index contributed by atoms with van der Waals surface area (Å²) >= 11 is 0. The van der Waals surface area contributed by atoms with Crippen molar-refractivity contribution in [1.82, 2.24) is 0 Å². The van der Waals surface area contributed by atoms with E-state index in [-0.39, 0.29) is 29.1 Å². The third-order valence-electron chi connectivity index (χ3n) is 6.28. The summed E-state index contributed by atoms with van der Waals surface area (Å²) in [5, 5.41) is 9.52. The van der Waals surface area contributed by atoms with Gasteiger partial charge in [0.15, 0.2) is 11.6 Å². The van der Waals surface area contributed by atoms with Crippen molar-refractivity contribution in [3.05, 3.63) is 29.1 Å². The first kappa shape index (κ1) is 20.3. The molecule has 1 aliphatic heterocycles. The van der Waals surface area contributed by atoms with Gasteiger partial charge in [0.2, 0.25) is 0 Å². The molecule has 1 aliphatic carbocycles. The van der Waals surface area contributed by atoms with Gasteiger partial charge in [0.1, 0.15) is 6.10 Å². The number of hydrogen-bond donors (Lipinski definition) is 1. The molecule has 0 amide bonds. The van der Waals surface area contributed by atoms with Gasteiger partial charge in [0.25, 0.3) is 0 Å². The van der Waals surface area contributed by atoms with E-state index < -0.39 is 11.9 Å². The lowest BCUT2D eigenvalue weighted by molar-refractivity contribution is -0.296. The summed E-state index contributed by atoms with van der Waals surface area (Å²) in [7, 11) is 0. The number of hydrogen-bond acceptors (Lipinski definition) is 4. The monoisotopic (exact) mass is 378 g/mol. The van der Waals surface area contributed by atoms with Crippen molar-refractivity contribution in [3.8, 4) is 5.75 Å². The molecule has 0 spiro atoms. The molecule has 1 fully saturated rings. The maximum atomic E-state index is 15.2. The zero-order valence-corrected chi connectivity index (χ0v) is 16.4. The largest absolute Gasteiger partial charge is 0.423 e. The van der Waals surface area contributed by atoms with Crippen molar-refractivity contribution in [1.29, 1.82) is 0 Å². The summed E-state index contributed by atoms with van der Waals surface area (Å²) in [5.74, 6) is -0.316. The predicted molar refractivity (Wildman–Crippen MR) is 101 cm³/mol. The Morgan fingerprint density at radius 1 is 1.19 bits per heavy atom. The van der Waals surface area contributed by atoms with Gasteiger partial charge in [-0.3, -0.25) is 10.1 Å². The highest BCUT2D eigenvalue weighted by atomic mass is 19.1. The second-order valence-electron chi connectivity index (χ2n) is 8.16. The van der Waals surface area contributed by atoms with Gasteiger partial charge < -0.3 is 4.74 Å². The minimum absolute atomic E-state index is 0.0200. The molecule has 3 rings (SSSR count). The van der Waals surface area contributed by atoms with Gasteiger partial charge in [-0.05, 0) is 43.1 Å². The van der Waals surface area contributed by atoms with E-state index in [1.54, 1.807) is 6.07 Å². The second kappa shape index (κ2) is 9.16. The van der Waals surface area contributed by atoms with E-state index in [1.165, 1.54) is 12.8 Å². The summed E-state index contributed by atoms with van der Waals surface area (Å²) in [6, 6.07) is 3.51. The molecular formula is C22H31FO4. The average molecular weight is 378 g/mol. The van der Waals surface area contributed by atoms with E-state index in [9.17, 15) is 10.1 Å². The molecule has 2 aliphatic rings. The highest BCUT2D eigenvalue weighted by Gasteiger charge is 2.35. The standard InChI is InChI=1S/C22H31FO4/c1-3-5-14-7-9-15(10-8-14)20(27-25)18-12-11-16-13-17(6-4-2)22(24)26-21(16)19(18)23/h11-12,14-15,17,20,25H,3-10,13H2,1-2H3. The van der Waals surface area contributed by atoms with Gasteiger partial charge in [-0.1, -0.05) is 58.1 Å². The second-order valence-corrected chi connectivity index (χ2v) is 8.16. The third kappa shape index (κ3) is 4.35. The number of esters is 1. The Morgan fingerprint density at radius 3 is 2.52 bits per heavy atom. The smallest absolute Gasteiger partial charge is 0.314 e. The SMILES string of the molecule is CCCC1CCC(C(OO)c2ccc3c(c2F)OC(=O)C(CCC)C3)CC1. The summed E-state index contributed by atoms with van der Waals surface area (Å²) < 4.78 is 20.5. The minimum atomic E-state index is -0.718. The fourth-order valence-electron chi connectivity index (χ4n) is 4.79. The van der Waals surface area contributed by atoms with Crippen LogP contribution in [0.3, 0.4) is 0 Å². The normalized spacial score (nSPS) is 26.4. The first-order valence-corrected chi connectivity index (χ1v) is 10.4. The maximum absolute atomic E-state index is 15.2. The van der Waals surface area contributed by atoms with Crippen LogP contribution in [0.15, 0.2) is 12.1 Å². The first-order chi connectivity index (χ1) is 13.1. The van der Waals surface area contributed by atoms with Crippen LogP contribution in [-0.4, -0.2) is 11.2 Å². The van der Waals surface area contributed by atoms with E-state index in [1.807, 2.05) is 13.0 Å². The fourth-order valence-corrected chi connectivity index (χ4v) is 4.79. The minimum Gasteiger partial charge on any atom is -0.423 e. The molecule has 1 aromatic carbocycles. The van der Waals surface area contributed by atoms with Gasteiger partial charge in [-0.15, -0.1) is 0 Å².